The van der Waals surface area contributed by atoms with E-state index in [1.165, 1.54) is 18.2 Å². The Morgan fingerprint density at radius 2 is 1.92 bits per heavy atom. The number of benzene rings is 2. The Kier molecular flexibility index (Phi) is 5.23. The van der Waals surface area contributed by atoms with Crippen LogP contribution in [0.25, 0.3) is 11.8 Å². The number of aromatic nitrogens is 2. The Morgan fingerprint density at radius 1 is 1.19 bits per heavy atom. The van der Waals surface area contributed by atoms with Gasteiger partial charge in [-0.1, -0.05) is 24.3 Å². The molecule has 130 valence electrons. The second kappa shape index (κ2) is 7.75. The SMILES string of the molecule is O=C(/C=C/c1ccccc1[N+](=O)[O-])Nc1ccccc1-n1cc(Br)cn1. The molecule has 3 rings (SSSR count). The summed E-state index contributed by atoms with van der Waals surface area (Å²) >= 11 is 3.34. The molecule has 7 nitrogen and oxygen atoms in total. The van der Waals surface area contributed by atoms with Gasteiger partial charge in [0, 0.05) is 18.3 Å². The van der Waals surface area contributed by atoms with E-state index < -0.39 is 10.8 Å². The molecule has 0 atom stereocenters. The van der Waals surface area contributed by atoms with Crippen molar-refractivity contribution in [2.45, 2.75) is 0 Å². The third-order valence-corrected chi connectivity index (χ3v) is 3.92. The van der Waals surface area contributed by atoms with E-state index in [4.69, 9.17) is 0 Å². The van der Waals surface area contributed by atoms with Crippen molar-refractivity contribution in [1.29, 1.82) is 0 Å². The molecule has 0 saturated carbocycles. The highest BCUT2D eigenvalue weighted by Gasteiger charge is 2.11. The van der Waals surface area contributed by atoms with E-state index in [9.17, 15) is 14.9 Å². The van der Waals surface area contributed by atoms with Crippen LogP contribution in [0.1, 0.15) is 5.56 Å². The number of nitrogens with zero attached hydrogens (tertiary/aromatic N) is 3. The maximum atomic E-state index is 12.2. The van der Waals surface area contributed by atoms with Gasteiger partial charge in [0.2, 0.25) is 5.91 Å². The molecule has 0 aliphatic carbocycles. The molecule has 1 N–H and O–H groups in total. The van der Waals surface area contributed by atoms with E-state index >= 15 is 0 Å². The summed E-state index contributed by atoms with van der Waals surface area (Å²) in [6.07, 6.45) is 6.10. The van der Waals surface area contributed by atoms with Crippen molar-refractivity contribution in [3.8, 4) is 5.69 Å². The highest BCUT2D eigenvalue weighted by atomic mass is 79.9. The molecule has 0 fully saturated rings. The average molecular weight is 413 g/mol. The Morgan fingerprint density at radius 3 is 2.65 bits per heavy atom. The lowest BCUT2D eigenvalue weighted by Gasteiger charge is -2.09. The van der Waals surface area contributed by atoms with E-state index in [0.29, 0.717) is 16.9 Å². The topological polar surface area (TPSA) is 90.1 Å². The highest BCUT2D eigenvalue weighted by Crippen LogP contribution is 2.22. The number of carbonyl (C=O) groups is 1. The minimum Gasteiger partial charge on any atom is -0.321 e. The summed E-state index contributed by atoms with van der Waals surface area (Å²) in [7, 11) is 0. The molecule has 26 heavy (non-hydrogen) atoms. The number of hydrogen-bond acceptors (Lipinski definition) is 4. The smallest absolute Gasteiger partial charge is 0.276 e. The number of nitro benzene ring substituents is 1. The standard InChI is InChI=1S/C18H13BrN4O3/c19-14-11-20-22(12-14)17-8-4-2-6-15(17)21-18(24)10-9-13-5-1-3-7-16(13)23(25)26/h1-12H,(H,21,24)/b10-9+. The van der Waals surface area contributed by atoms with Crippen LogP contribution in [-0.4, -0.2) is 20.6 Å². The maximum Gasteiger partial charge on any atom is 0.276 e. The number of amides is 1. The molecule has 2 aromatic carbocycles. The molecule has 1 heterocycles. The minimum atomic E-state index is -0.484. The first kappa shape index (κ1) is 17.6. The van der Waals surface area contributed by atoms with Crippen molar-refractivity contribution in [2.75, 3.05) is 5.32 Å². The van der Waals surface area contributed by atoms with Crippen LogP contribution < -0.4 is 5.32 Å². The predicted molar refractivity (Wildman–Crippen MR) is 102 cm³/mol. The maximum absolute atomic E-state index is 12.2. The molecule has 0 spiro atoms. The van der Waals surface area contributed by atoms with Crippen LogP contribution >= 0.6 is 15.9 Å². The molecule has 8 heteroatoms. The van der Waals surface area contributed by atoms with Gasteiger partial charge in [-0.15, -0.1) is 0 Å². The predicted octanol–water partition coefficient (Wildman–Crippen LogP) is 4.19. The van der Waals surface area contributed by atoms with Crippen molar-refractivity contribution in [3.63, 3.8) is 0 Å². The molecule has 0 aliphatic rings. The monoisotopic (exact) mass is 412 g/mol. The van der Waals surface area contributed by atoms with Gasteiger partial charge in [0.25, 0.3) is 5.69 Å². The van der Waals surface area contributed by atoms with Gasteiger partial charge in [-0.25, -0.2) is 4.68 Å². The Labute approximate surface area is 157 Å². The normalized spacial score (nSPS) is 10.8. The fourth-order valence-corrected chi connectivity index (χ4v) is 2.63. The molecular weight excluding hydrogens is 400 g/mol. The third-order valence-electron chi connectivity index (χ3n) is 3.51. The van der Waals surface area contributed by atoms with E-state index in [1.54, 1.807) is 47.4 Å². The zero-order chi connectivity index (χ0) is 18.5. The number of hydrogen-bond donors (Lipinski definition) is 1. The van der Waals surface area contributed by atoms with Crippen LogP contribution in [0.4, 0.5) is 11.4 Å². The first-order valence-electron chi connectivity index (χ1n) is 7.56. The summed E-state index contributed by atoms with van der Waals surface area (Å²) in [5.74, 6) is -0.401. The number of anilines is 1. The number of carbonyl (C=O) groups excluding carboxylic acids is 1. The number of para-hydroxylation sites is 3. The lowest BCUT2D eigenvalue weighted by atomic mass is 10.1. The summed E-state index contributed by atoms with van der Waals surface area (Å²) < 4.78 is 2.45. The van der Waals surface area contributed by atoms with Crippen LogP contribution in [0.5, 0.6) is 0 Å². The first-order chi connectivity index (χ1) is 12.5. The van der Waals surface area contributed by atoms with Gasteiger partial charge in [-0.2, -0.15) is 5.10 Å². The van der Waals surface area contributed by atoms with Gasteiger partial charge < -0.3 is 5.32 Å². The van der Waals surface area contributed by atoms with E-state index in [0.717, 1.165) is 4.47 Å². The Balaban J connectivity index is 1.81. The summed E-state index contributed by atoms with van der Waals surface area (Å²) in [6.45, 7) is 0. The molecular formula is C18H13BrN4O3. The lowest BCUT2D eigenvalue weighted by Crippen LogP contribution is -2.10. The van der Waals surface area contributed by atoms with Crippen LogP contribution in [0.2, 0.25) is 0 Å². The fraction of sp³-hybridized carbons (Fsp3) is 0. The van der Waals surface area contributed by atoms with Gasteiger partial charge in [0.15, 0.2) is 0 Å². The van der Waals surface area contributed by atoms with Crippen LogP contribution in [-0.2, 0) is 4.79 Å². The van der Waals surface area contributed by atoms with Crippen LogP contribution in [0.15, 0.2) is 71.5 Å². The fourth-order valence-electron chi connectivity index (χ4n) is 2.35. The summed E-state index contributed by atoms with van der Waals surface area (Å²) in [5.41, 5.74) is 1.57. The highest BCUT2D eigenvalue weighted by molar-refractivity contribution is 9.10. The molecule has 0 aliphatic heterocycles. The Hall–Kier alpha value is -3.26. The molecule has 0 bridgehead atoms. The molecule has 1 amide bonds. The minimum absolute atomic E-state index is 0.0571. The number of nitrogens with one attached hydrogen (secondary N) is 1. The molecule has 3 aromatic rings. The molecule has 0 unspecified atom stereocenters. The Bertz CT molecular complexity index is 997. The second-order valence-corrected chi connectivity index (χ2v) is 6.17. The van der Waals surface area contributed by atoms with Crippen molar-refractivity contribution >= 4 is 39.3 Å². The molecule has 0 saturated heterocycles. The van der Waals surface area contributed by atoms with Gasteiger partial charge in [0.1, 0.15) is 0 Å². The number of halogens is 1. The van der Waals surface area contributed by atoms with Gasteiger partial charge in [-0.05, 0) is 40.2 Å². The van der Waals surface area contributed by atoms with Crippen LogP contribution in [0.3, 0.4) is 0 Å². The second-order valence-electron chi connectivity index (χ2n) is 5.26. The van der Waals surface area contributed by atoms with Crippen molar-refractivity contribution in [3.05, 3.63) is 87.2 Å². The average Bonchev–Trinajstić information content (AvgIpc) is 3.07. The van der Waals surface area contributed by atoms with Crippen molar-refractivity contribution in [1.82, 2.24) is 9.78 Å². The summed E-state index contributed by atoms with van der Waals surface area (Å²) in [6, 6.07) is 13.4. The zero-order valence-electron chi connectivity index (χ0n) is 13.4. The quantitative estimate of drug-likeness (QED) is 0.386. The van der Waals surface area contributed by atoms with Crippen LogP contribution in [0, 0.1) is 10.1 Å². The van der Waals surface area contributed by atoms with E-state index in [-0.39, 0.29) is 5.69 Å². The molecule has 0 radical (unpaired) electrons. The van der Waals surface area contributed by atoms with E-state index in [2.05, 4.69) is 26.3 Å². The lowest BCUT2D eigenvalue weighted by molar-refractivity contribution is -0.385. The summed E-state index contributed by atoms with van der Waals surface area (Å²) in [5, 5.41) is 18.0. The van der Waals surface area contributed by atoms with Gasteiger partial charge in [0.05, 0.1) is 32.5 Å². The molecule has 1 aromatic heterocycles. The van der Waals surface area contributed by atoms with Gasteiger partial charge in [-0.3, -0.25) is 14.9 Å². The van der Waals surface area contributed by atoms with Gasteiger partial charge >= 0.3 is 0 Å². The third kappa shape index (κ3) is 4.04. The zero-order valence-corrected chi connectivity index (χ0v) is 15.0. The first-order valence-corrected chi connectivity index (χ1v) is 8.36. The number of nitro groups is 1. The van der Waals surface area contributed by atoms with Crippen molar-refractivity contribution < 1.29 is 9.72 Å². The van der Waals surface area contributed by atoms with E-state index in [1.807, 2.05) is 12.1 Å². The largest absolute Gasteiger partial charge is 0.321 e. The summed E-state index contributed by atoms with van der Waals surface area (Å²) in [4.78, 5) is 22.8. The van der Waals surface area contributed by atoms with Crippen molar-refractivity contribution in [2.24, 2.45) is 0 Å². The number of rotatable bonds is 5.